The van der Waals surface area contributed by atoms with Crippen molar-refractivity contribution in [1.82, 2.24) is 0 Å². The van der Waals surface area contributed by atoms with E-state index in [0.717, 1.165) is 16.5 Å². The van der Waals surface area contributed by atoms with Crippen molar-refractivity contribution in [2.75, 3.05) is 6.54 Å². The number of aliphatic hydroxyl groups excluding tert-OH is 1. The predicted molar refractivity (Wildman–Crippen MR) is 63.8 cm³/mol. The molecule has 0 aliphatic rings. The van der Waals surface area contributed by atoms with Crippen LogP contribution in [0.5, 0.6) is 5.75 Å². The molecule has 1 rings (SSSR count). The summed E-state index contributed by atoms with van der Waals surface area (Å²) in [7, 11) is 0. The molecule has 15 heavy (non-hydrogen) atoms. The van der Waals surface area contributed by atoms with Gasteiger partial charge in [-0.25, -0.2) is 0 Å². The molecule has 0 heterocycles. The molecule has 3 nitrogen and oxygen atoms in total. The van der Waals surface area contributed by atoms with Crippen LogP contribution < -0.4 is 5.73 Å². The Labute approximate surface area is 98.1 Å². The van der Waals surface area contributed by atoms with Gasteiger partial charge in [0.2, 0.25) is 0 Å². The smallest absolute Gasteiger partial charge is 0.124 e. The van der Waals surface area contributed by atoms with Crippen molar-refractivity contribution in [3.63, 3.8) is 0 Å². The van der Waals surface area contributed by atoms with E-state index < -0.39 is 6.10 Å². The zero-order valence-electron chi connectivity index (χ0n) is 8.70. The quantitative estimate of drug-likeness (QED) is 0.787. The van der Waals surface area contributed by atoms with Gasteiger partial charge in [-0.1, -0.05) is 22.9 Å². The lowest BCUT2D eigenvalue weighted by atomic mass is 10.0. The van der Waals surface area contributed by atoms with Crippen LogP contribution in [0.2, 0.25) is 0 Å². The van der Waals surface area contributed by atoms with Gasteiger partial charge in [-0.2, -0.15) is 0 Å². The topological polar surface area (TPSA) is 66.5 Å². The fourth-order valence-electron chi connectivity index (χ4n) is 1.52. The number of aromatic hydroxyl groups is 1. The molecule has 0 radical (unpaired) electrons. The van der Waals surface area contributed by atoms with E-state index >= 15 is 0 Å². The lowest BCUT2D eigenvalue weighted by Gasteiger charge is -2.14. The molecule has 0 amide bonds. The highest BCUT2D eigenvalue weighted by Gasteiger charge is 2.15. The summed E-state index contributed by atoms with van der Waals surface area (Å²) in [5.41, 5.74) is 6.75. The molecule has 4 N–H and O–H groups in total. The van der Waals surface area contributed by atoms with Gasteiger partial charge in [-0.3, -0.25) is 0 Å². The SMILES string of the molecule is CCc1cc(Br)cc(C(O)CCN)c1O. The fraction of sp³-hybridized carbons (Fsp3) is 0.455. The number of halogens is 1. The van der Waals surface area contributed by atoms with Gasteiger partial charge >= 0.3 is 0 Å². The number of nitrogens with two attached hydrogens (primary N) is 1. The van der Waals surface area contributed by atoms with Crippen LogP contribution in [0.4, 0.5) is 0 Å². The second-order valence-corrected chi connectivity index (χ2v) is 4.37. The Bertz CT molecular complexity index is 342. The summed E-state index contributed by atoms with van der Waals surface area (Å²) in [6.45, 7) is 2.36. The maximum atomic E-state index is 9.89. The summed E-state index contributed by atoms with van der Waals surface area (Å²) in [5, 5.41) is 19.7. The maximum Gasteiger partial charge on any atom is 0.124 e. The van der Waals surface area contributed by atoms with E-state index in [4.69, 9.17) is 5.73 Å². The lowest BCUT2D eigenvalue weighted by Crippen LogP contribution is -2.07. The third-order valence-corrected chi connectivity index (χ3v) is 2.82. The minimum Gasteiger partial charge on any atom is -0.507 e. The van der Waals surface area contributed by atoms with Crippen LogP contribution in [0.15, 0.2) is 16.6 Å². The molecule has 0 saturated heterocycles. The van der Waals surface area contributed by atoms with Gasteiger partial charge in [0.1, 0.15) is 5.75 Å². The zero-order valence-corrected chi connectivity index (χ0v) is 10.3. The Hall–Kier alpha value is -0.580. The first-order chi connectivity index (χ1) is 7.10. The van der Waals surface area contributed by atoms with Gasteiger partial charge in [-0.15, -0.1) is 0 Å². The molecule has 4 heteroatoms. The number of benzene rings is 1. The molecule has 0 fully saturated rings. The summed E-state index contributed by atoms with van der Waals surface area (Å²) in [6, 6.07) is 3.59. The Morgan fingerprint density at radius 2 is 2.13 bits per heavy atom. The third kappa shape index (κ3) is 2.93. The van der Waals surface area contributed by atoms with E-state index in [-0.39, 0.29) is 5.75 Å². The average Bonchev–Trinajstić information content (AvgIpc) is 2.21. The Morgan fingerprint density at radius 3 is 2.67 bits per heavy atom. The van der Waals surface area contributed by atoms with Crippen LogP contribution in [0.1, 0.15) is 30.6 Å². The highest BCUT2D eigenvalue weighted by Crippen LogP contribution is 2.33. The number of aliphatic hydroxyl groups is 1. The van der Waals surface area contributed by atoms with Crippen molar-refractivity contribution in [2.24, 2.45) is 5.73 Å². The van der Waals surface area contributed by atoms with Gasteiger partial charge < -0.3 is 15.9 Å². The predicted octanol–water partition coefficient (Wildman–Crippen LogP) is 2.10. The molecular formula is C11H16BrNO2. The van der Waals surface area contributed by atoms with Gasteiger partial charge in [0, 0.05) is 10.0 Å². The average molecular weight is 274 g/mol. The number of phenols is 1. The van der Waals surface area contributed by atoms with Crippen molar-refractivity contribution in [2.45, 2.75) is 25.9 Å². The summed E-state index contributed by atoms with van der Waals surface area (Å²) >= 11 is 3.35. The maximum absolute atomic E-state index is 9.89. The summed E-state index contributed by atoms with van der Waals surface area (Å²) < 4.78 is 0.864. The van der Waals surface area contributed by atoms with Crippen LogP contribution in [0.25, 0.3) is 0 Å². The van der Waals surface area contributed by atoms with Gasteiger partial charge in [0.25, 0.3) is 0 Å². The van der Waals surface area contributed by atoms with Crippen molar-refractivity contribution in [3.8, 4) is 5.75 Å². The van der Waals surface area contributed by atoms with Crippen LogP contribution in [0, 0.1) is 0 Å². The Balaban J connectivity index is 3.11. The van der Waals surface area contributed by atoms with Crippen LogP contribution >= 0.6 is 15.9 Å². The summed E-state index contributed by atoms with van der Waals surface area (Å²) in [4.78, 5) is 0. The second kappa shape index (κ2) is 5.49. The zero-order chi connectivity index (χ0) is 11.4. The van der Waals surface area contributed by atoms with Crippen LogP contribution in [-0.2, 0) is 6.42 Å². The summed E-state index contributed by atoms with van der Waals surface area (Å²) in [5.74, 6) is 0.182. The highest BCUT2D eigenvalue weighted by molar-refractivity contribution is 9.10. The minimum atomic E-state index is -0.696. The molecule has 84 valence electrons. The molecule has 0 bridgehead atoms. The third-order valence-electron chi connectivity index (χ3n) is 2.36. The van der Waals surface area contributed by atoms with Crippen molar-refractivity contribution < 1.29 is 10.2 Å². The van der Waals surface area contributed by atoms with E-state index in [1.807, 2.05) is 13.0 Å². The molecule has 1 unspecified atom stereocenters. The monoisotopic (exact) mass is 273 g/mol. The fourth-order valence-corrected chi connectivity index (χ4v) is 2.04. The number of rotatable bonds is 4. The molecule has 1 aromatic carbocycles. The standard InChI is InChI=1S/C11H16BrNO2/c1-2-7-5-8(12)6-9(11(7)15)10(14)3-4-13/h5-6,10,14-15H,2-4,13H2,1H3. The Morgan fingerprint density at radius 1 is 1.47 bits per heavy atom. The summed E-state index contributed by atoms with van der Waals surface area (Å²) in [6.07, 6.45) is 0.485. The van der Waals surface area contributed by atoms with Crippen molar-refractivity contribution in [1.29, 1.82) is 0 Å². The highest BCUT2D eigenvalue weighted by atomic mass is 79.9. The number of phenolic OH excluding ortho intramolecular Hbond substituents is 1. The van der Waals surface area contributed by atoms with E-state index in [2.05, 4.69) is 15.9 Å². The largest absolute Gasteiger partial charge is 0.507 e. The van der Waals surface area contributed by atoms with Gasteiger partial charge in [-0.05, 0) is 37.1 Å². The van der Waals surface area contributed by atoms with E-state index in [1.165, 1.54) is 0 Å². The minimum absolute atomic E-state index is 0.182. The molecular weight excluding hydrogens is 258 g/mol. The Kier molecular flexibility index (Phi) is 4.57. The molecule has 0 spiro atoms. The normalized spacial score (nSPS) is 12.8. The molecule has 1 atom stereocenters. The molecule has 0 aliphatic carbocycles. The number of hydrogen-bond donors (Lipinski definition) is 3. The van der Waals surface area contributed by atoms with Crippen molar-refractivity contribution in [3.05, 3.63) is 27.7 Å². The van der Waals surface area contributed by atoms with Crippen LogP contribution in [0.3, 0.4) is 0 Å². The first-order valence-corrected chi connectivity index (χ1v) is 5.78. The lowest BCUT2D eigenvalue weighted by molar-refractivity contribution is 0.166. The first-order valence-electron chi connectivity index (χ1n) is 4.99. The number of aryl methyl sites for hydroxylation is 1. The first kappa shape index (κ1) is 12.5. The van der Waals surface area contributed by atoms with Crippen molar-refractivity contribution >= 4 is 15.9 Å². The van der Waals surface area contributed by atoms with Crippen LogP contribution in [-0.4, -0.2) is 16.8 Å². The van der Waals surface area contributed by atoms with E-state index in [1.54, 1.807) is 6.07 Å². The molecule has 0 saturated carbocycles. The van der Waals surface area contributed by atoms with Gasteiger partial charge in [0.05, 0.1) is 6.10 Å². The van der Waals surface area contributed by atoms with E-state index in [9.17, 15) is 10.2 Å². The molecule has 0 aromatic heterocycles. The number of hydrogen-bond acceptors (Lipinski definition) is 3. The molecule has 0 aliphatic heterocycles. The van der Waals surface area contributed by atoms with E-state index in [0.29, 0.717) is 18.5 Å². The molecule has 1 aromatic rings. The van der Waals surface area contributed by atoms with Gasteiger partial charge in [0.15, 0.2) is 0 Å². The second-order valence-electron chi connectivity index (χ2n) is 3.45.